The zero-order valence-electron chi connectivity index (χ0n) is 10.5. The van der Waals surface area contributed by atoms with E-state index in [1.165, 1.54) is 6.07 Å². The molecule has 0 aliphatic carbocycles. The molecule has 0 aliphatic heterocycles. The van der Waals surface area contributed by atoms with E-state index in [9.17, 15) is 4.39 Å². The SMILES string of the molecule is COc1c(Br)cc(Cl)cc1NCc1ccc(Br)c(F)c1. The van der Waals surface area contributed by atoms with E-state index in [4.69, 9.17) is 16.3 Å². The Morgan fingerprint density at radius 1 is 1.20 bits per heavy atom. The summed E-state index contributed by atoms with van der Waals surface area (Å²) >= 11 is 12.5. The molecule has 0 atom stereocenters. The molecule has 0 saturated heterocycles. The fraction of sp³-hybridized carbons (Fsp3) is 0.143. The van der Waals surface area contributed by atoms with E-state index in [0.717, 1.165) is 15.7 Å². The maximum absolute atomic E-state index is 13.5. The van der Waals surface area contributed by atoms with Gasteiger partial charge in [0.15, 0.2) is 5.75 Å². The minimum atomic E-state index is -0.288. The van der Waals surface area contributed by atoms with Crippen molar-refractivity contribution in [1.82, 2.24) is 0 Å². The quantitative estimate of drug-likeness (QED) is 0.689. The van der Waals surface area contributed by atoms with Gasteiger partial charge in [-0.25, -0.2) is 4.39 Å². The predicted octanol–water partition coefficient (Wildman–Crippen LogP) is 5.62. The van der Waals surface area contributed by atoms with Gasteiger partial charge in [-0.2, -0.15) is 0 Å². The monoisotopic (exact) mass is 421 g/mol. The van der Waals surface area contributed by atoms with Gasteiger partial charge in [0, 0.05) is 11.6 Å². The second-order valence-corrected chi connectivity index (χ2v) is 6.22. The third-order valence-corrected chi connectivity index (χ3v) is 4.13. The zero-order chi connectivity index (χ0) is 14.7. The van der Waals surface area contributed by atoms with E-state index in [-0.39, 0.29) is 5.82 Å². The number of hydrogen-bond acceptors (Lipinski definition) is 2. The molecule has 20 heavy (non-hydrogen) atoms. The summed E-state index contributed by atoms with van der Waals surface area (Å²) in [6, 6.07) is 8.51. The molecule has 1 N–H and O–H groups in total. The van der Waals surface area contributed by atoms with Crippen LogP contribution in [0.1, 0.15) is 5.56 Å². The van der Waals surface area contributed by atoms with Gasteiger partial charge in [-0.15, -0.1) is 0 Å². The number of nitrogens with one attached hydrogen (secondary N) is 1. The summed E-state index contributed by atoms with van der Waals surface area (Å²) < 4.78 is 20.0. The van der Waals surface area contributed by atoms with Crippen LogP contribution in [0, 0.1) is 5.82 Å². The highest BCUT2D eigenvalue weighted by Crippen LogP contribution is 2.36. The van der Waals surface area contributed by atoms with Crippen molar-refractivity contribution in [2.75, 3.05) is 12.4 Å². The summed E-state index contributed by atoms with van der Waals surface area (Å²) in [7, 11) is 1.58. The fourth-order valence-corrected chi connectivity index (χ4v) is 2.96. The Morgan fingerprint density at radius 3 is 2.60 bits per heavy atom. The highest BCUT2D eigenvalue weighted by atomic mass is 79.9. The third kappa shape index (κ3) is 3.65. The molecule has 2 nitrogen and oxygen atoms in total. The number of ether oxygens (including phenoxy) is 1. The van der Waals surface area contributed by atoms with Crippen molar-refractivity contribution < 1.29 is 9.13 Å². The van der Waals surface area contributed by atoms with E-state index in [1.807, 2.05) is 6.07 Å². The average molecular weight is 424 g/mol. The van der Waals surface area contributed by atoms with Gasteiger partial charge in [0.1, 0.15) is 5.82 Å². The molecule has 2 aromatic rings. The lowest BCUT2D eigenvalue weighted by Crippen LogP contribution is -2.02. The van der Waals surface area contributed by atoms with E-state index in [2.05, 4.69) is 37.2 Å². The second kappa shape index (κ2) is 6.78. The molecular weight excluding hydrogens is 412 g/mol. The number of hydrogen-bond donors (Lipinski definition) is 1. The summed E-state index contributed by atoms with van der Waals surface area (Å²) in [5, 5.41) is 3.77. The van der Waals surface area contributed by atoms with Crippen LogP contribution in [-0.2, 0) is 6.54 Å². The summed E-state index contributed by atoms with van der Waals surface area (Å²) in [6.07, 6.45) is 0. The molecule has 0 fully saturated rings. The van der Waals surface area contributed by atoms with Crippen LogP contribution in [0.15, 0.2) is 39.3 Å². The minimum Gasteiger partial charge on any atom is -0.493 e. The lowest BCUT2D eigenvalue weighted by molar-refractivity contribution is 0.414. The topological polar surface area (TPSA) is 21.3 Å². The van der Waals surface area contributed by atoms with Crippen LogP contribution in [0.5, 0.6) is 5.75 Å². The van der Waals surface area contributed by atoms with Gasteiger partial charge in [0.05, 0.1) is 21.7 Å². The number of halogens is 4. The van der Waals surface area contributed by atoms with Crippen molar-refractivity contribution >= 4 is 49.1 Å². The van der Waals surface area contributed by atoms with Crippen LogP contribution in [-0.4, -0.2) is 7.11 Å². The highest BCUT2D eigenvalue weighted by Gasteiger charge is 2.09. The molecule has 2 aromatic carbocycles. The molecule has 0 amide bonds. The molecule has 0 aliphatic rings. The first-order valence-electron chi connectivity index (χ1n) is 5.72. The van der Waals surface area contributed by atoms with Gasteiger partial charge in [-0.1, -0.05) is 17.7 Å². The van der Waals surface area contributed by atoms with Gasteiger partial charge in [-0.3, -0.25) is 0 Å². The van der Waals surface area contributed by atoms with Crippen LogP contribution < -0.4 is 10.1 Å². The predicted molar refractivity (Wildman–Crippen MR) is 87.1 cm³/mol. The fourth-order valence-electron chi connectivity index (χ4n) is 1.75. The summed E-state index contributed by atoms with van der Waals surface area (Å²) in [5.41, 5.74) is 1.57. The number of benzene rings is 2. The Bertz CT molecular complexity index is 637. The number of methoxy groups -OCH3 is 1. The molecule has 0 unspecified atom stereocenters. The number of rotatable bonds is 4. The lowest BCUT2D eigenvalue weighted by atomic mass is 10.2. The molecule has 6 heteroatoms. The first kappa shape index (κ1) is 15.6. The zero-order valence-corrected chi connectivity index (χ0v) is 14.4. The Kier molecular flexibility index (Phi) is 5.29. The standard InChI is InChI=1S/C14H11Br2ClFNO/c1-20-14-11(16)5-9(17)6-13(14)19-7-8-2-3-10(15)12(18)4-8/h2-6,19H,7H2,1H3. The molecule has 106 valence electrons. The Hall–Kier alpha value is -0.780. The van der Waals surface area contributed by atoms with Crippen molar-refractivity contribution in [3.05, 3.63) is 55.7 Å². The molecule has 0 saturated carbocycles. The first-order chi connectivity index (χ1) is 9.51. The first-order valence-corrected chi connectivity index (χ1v) is 7.68. The summed E-state index contributed by atoms with van der Waals surface area (Å²) in [4.78, 5) is 0. The molecule has 2 rings (SSSR count). The van der Waals surface area contributed by atoms with Gasteiger partial charge in [-0.05, 0) is 61.7 Å². The van der Waals surface area contributed by atoms with Crippen molar-refractivity contribution in [1.29, 1.82) is 0 Å². The van der Waals surface area contributed by atoms with Gasteiger partial charge < -0.3 is 10.1 Å². The minimum absolute atomic E-state index is 0.288. The van der Waals surface area contributed by atoms with Crippen LogP contribution >= 0.6 is 43.5 Å². The Labute approximate surface area is 138 Å². The van der Waals surface area contributed by atoms with Gasteiger partial charge >= 0.3 is 0 Å². The van der Waals surface area contributed by atoms with Crippen LogP contribution in [0.2, 0.25) is 5.02 Å². The molecule has 0 aromatic heterocycles. The maximum atomic E-state index is 13.5. The summed E-state index contributed by atoms with van der Waals surface area (Å²) in [5.74, 6) is 0.371. The Balaban J connectivity index is 2.20. The third-order valence-electron chi connectivity index (χ3n) is 2.68. The Morgan fingerprint density at radius 2 is 1.95 bits per heavy atom. The lowest BCUT2D eigenvalue weighted by Gasteiger charge is -2.13. The van der Waals surface area contributed by atoms with Gasteiger partial charge in [0.25, 0.3) is 0 Å². The van der Waals surface area contributed by atoms with Crippen molar-refractivity contribution in [3.63, 3.8) is 0 Å². The van der Waals surface area contributed by atoms with E-state index in [0.29, 0.717) is 21.8 Å². The van der Waals surface area contributed by atoms with E-state index in [1.54, 1.807) is 25.3 Å². The van der Waals surface area contributed by atoms with E-state index >= 15 is 0 Å². The maximum Gasteiger partial charge on any atom is 0.156 e. The molecule has 0 bridgehead atoms. The van der Waals surface area contributed by atoms with Crippen LogP contribution in [0.3, 0.4) is 0 Å². The normalized spacial score (nSPS) is 10.4. The molecule has 0 heterocycles. The van der Waals surface area contributed by atoms with Gasteiger partial charge in [0.2, 0.25) is 0 Å². The van der Waals surface area contributed by atoms with Crippen molar-refractivity contribution in [2.24, 2.45) is 0 Å². The smallest absolute Gasteiger partial charge is 0.156 e. The van der Waals surface area contributed by atoms with Crippen molar-refractivity contribution in [3.8, 4) is 5.75 Å². The second-order valence-electron chi connectivity index (χ2n) is 4.07. The van der Waals surface area contributed by atoms with E-state index < -0.39 is 0 Å². The average Bonchev–Trinajstić information content (AvgIpc) is 2.39. The number of anilines is 1. The largest absolute Gasteiger partial charge is 0.493 e. The van der Waals surface area contributed by atoms with Crippen LogP contribution in [0.25, 0.3) is 0 Å². The molecular formula is C14H11Br2ClFNO. The van der Waals surface area contributed by atoms with Crippen molar-refractivity contribution in [2.45, 2.75) is 6.54 Å². The molecule has 0 spiro atoms. The van der Waals surface area contributed by atoms with Crippen LogP contribution in [0.4, 0.5) is 10.1 Å². The molecule has 0 radical (unpaired) electrons. The summed E-state index contributed by atoms with van der Waals surface area (Å²) in [6.45, 7) is 0.466. The highest BCUT2D eigenvalue weighted by molar-refractivity contribution is 9.10.